The first-order valence-electron chi connectivity index (χ1n) is 11.2. The van der Waals surface area contributed by atoms with Crippen LogP contribution in [-0.2, 0) is 0 Å². The van der Waals surface area contributed by atoms with E-state index in [9.17, 15) is 4.39 Å². The Hall–Kier alpha value is -1.51. The molecule has 0 spiro atoms. The van der Waals surface area contributed by atoms with Crippen LogP contribution in [0, 0.1) is 24.1 Å². The fourth-order valence-electron chi connectivity index (χ4n) is 4.04. The maximum Gasteiger partial charge on any atom is 0.168 e. The van der Waals surface area contributed by atoms with Crippen LogP contribution >= 0.6 is 0 Å². The normalized spacial score (nSPS) is 16.4. The molecule has 2 unspecified atom stereocenters. The molecule has 0 heterocycles. The molecule has 1 aromatic rings. The maximum atomic E-state index is 14.5. The Morgan fingerprint density at radius 1 is 1.21 bits per heavy atom. The summed E-state index contributed by atoms with van der Waals surface area (Å²) < 4.78 is 19.8. The molecule has 2 atom stereocenters. The maximum absolute atomic E-state index is 14.5. The highest BCUT2D eigenvalue weighted by Crippen LogP contribution is 2.52. The number of hydrogen-bond acceptors (Lipinski definition) is 2. The predicted molar refractivity (Wildman–Crippen MR) is 120 cm³/mol. The summed E-state index contributed by atoms with van der Waals surface area (Å²) in [7, 11) is 1.52. The van der Waals surface area contributed by atoms with E-state index in [1.54, 1.807) is 13.0 Å². The lowest BCUT2D eigenvalue weighted by atomic mass is 9.80. The van der Waals surface area contributed by atoms with Crippen LogP contribution in [0.5, 0.6) is 5.75 Å². The molecule has 1 N–H and O–H groups in total. The smallest absolute Gasteiger partial charge is 0.168 e. The van der Waals surface area contributed by atoms with Gasteiger partial charge in [0.25, 0.3) is 0 Å². The molecule has 1 aromatic carbocycles. The lowest BCUT2D eigenvalue weighted by molar-refractivity contribution is 0.246. The van der Waals surface area contributed by atoms with Crippen LogP contribution in [0.3, 0.4) is 0 Å². The SMILES string of the molecule is C=C(NC(C(CCC)CCCC)C1(C)CC1)c1ccc(C)c(F)c1OC.CC. The Morgan fingerprint density at radius 3 is 2.36 bits per heavy atom. The Bertz CT molecular complexity index is 621. The van der Waals surface area contributed by atoms with E-state index in [2.05, 4.69) is 32.7 Å². The van der Waals surface area contributed by atoms with Gasteiger partial charge in [-0.15, -0.1) is 0 Å². The molecule has 1 aliphatic rings. The minimum Gasteiger partial charge on any atom is -0.493 e. The molecular weight excluding hydrogens is 349 g/mol. The predicted octanol–water partition coefficient (Wildman–Crippen LogP) is 7.50. The van der Waals surface area contributed by atoms with Gasteiger partial charge >= 0.3 is 0 Å². The van der Waals surface area contributed by atoms with Gasteiger partial charge in [0.2, 0.25) is 0 Å². The van der Waals surface area contributed by atoms with Crippen molar-refractivity contribution in [1.29, 1.82) is 0 Å². The molecule has 2 nitrogen and oxygen atoms in total. The monoisotopic (exact) mass is 391 g/mol. The third kappa shape index (κ3) is 5.99. The van der Waals surface area contributed by atoms with E-state index in [0.717, 1.165) is 11.3 Å². The van der Waals surface area contributed by atoms with Crippen molar-refractivity contribution in [3.8, 4) is 5.75 Å². The molecule has 3 heteroatoms. The molecule has 0 amide bonds. The Kier molecular flexibility index (Phi) is 10.1. The second kappa shape index (κ2) is 11.5. The zero-order valence-corrected chi connectivity index (χ0v) is 19.3. The Balaban J connectivity index is 0.00000190. The van der Waals surface area contributed by atoms with Crippen molar-refractivity contribution in [3.63, 3.8) is 0 Å². The molecule has 1 saturated carbocycles. The van der Waals surface area contributed by atoms with Crippen LogP contribution in [0.25, 0.3) is 5.70 Å². The van der Waals surface area contributed by atoms with Gasteiger partial charge in [-0.2, -0.15) is 0 Å². The number of benzene rings is 1. The fourth-order valence-corrected chi connectivity index (χ4v) is 4.04. The molecule has 1 aliphatic carbocycles. The summed E-state index contributed by atoms with van der Waals surface area (Å²) in [5, 5.41) is 3.71. The highest BCUT2D eigenvalue weighted by Gasteiger charge is 2.47. The molecule has 160 valence electrons. The third-order valence-corrected chi connectivity index (χ3v) is 6.00. The first-order chi connectivity index (χ1) is 13.4. The van der Waals surface area contributed by atoms with Crippen LogP contribution in [0.1, 0.15) is 90.7 Å². The third-order valence-electron chi connectivity index (χ3n) is 6.00. The number of methoxy groups -OCH3 is 1. The zero-order valence-electron chi connectivity index (χ0n) is 19.3. The van der Waals surface area contributed by atoms with Crippen molar-refractivity contribution in [2.45, 2.75) is 92.5 Å². The summed E-state index contributed by atoms with van der Waals surface area (Å²) in [4.78, 5) is 0. The van der Waals surface area contributed by atoms with Crippen molar-refractivity contribution < 1.29 is 9.13 Å². The highest BCUT2D eigenvalue weighted by molar-refractivity contribution is 5.68. The molecule has 28 heavy (non-hydrogen) atoms. The number of nitrogens with one attached hydrogen (secondary N) is 1. The minimum absolute atomic E-state index is 0.293. The summed E-state index contributed by atoms with van der Waals surface area (Å²) in [6.07, 6.45) is 8.64. The minimum atomic E-state index is -0.293. The lowest BCUT2D eigenvalue weighted by Gasteiger charge is -2.35. The van der Waals surface area contributed by atoms with E-state index in [0.29, 0.717) is 28.7 Å². The largest absolute Gasteiger partial charge is 0.493 e. The first kappa shape index (κ1) is 24.5. The second-order valence-electron chi connectivity index (χ2n) is 8.22. The van der Waals surface area contributed by atoms with Crippen molar-refractivity contribution in [3.05, 3.63) is 35.7 Å². The van der Waals surface area contributed by atoms with Crippen molar-refractivity contribution in [1.82, 2.24) is 5.32 Å². The average Bonchev–Trinajstić information content (AvgIpc) is 3.45. The lowest BCUT2D eigenvalue weighted by Crippen LogP contribution is -2.41. The second-order valence-corrected chi connectivity index (χ2v) is 8.22. The summed E-state index contributed by atoms with van der Waals surface area (Å²) >= 11 is 0. The van der Waals surface area contributed by atoms with Crippen molar-refractivity contribution >= 4 is 5.70 Å². The summed E-state index contributed by atoms with van der Waals surface area (Å²) in [6.45, 7) is 16.9. The van der Waals surface area contributed by atoms with E-state index in [1.807, 2.05) is 19.9 Å². The van der Waals surface area contributed by atoms with Crippen molar-refractivity contribution in [2.24, 2.45) is 11.3 Å². The highest BCUT2D eigenvalue weighted by atomic mass is 19.1. The zero-order chi connectivity index (χ0) is 21.3. The number of halogens is 1. The number of unbranched alkanes of at least 4 members (excludes halogenated alkanes) is 1. The van der Waals surface area contributed by atoms with Gasteiger partial charge in [0, 0.05) is 17.3 Å². The standard InChI is InChI=1S/C23H36FNO.C2H6/c1-7-9-11-18(10-8-2)22(23(5)14-15-23)25-17(4)19-13-12-16(3)20(24)21(19)26-6;1-2/h12-13,18,22,25H,4,7-11,14-15H2,1-3,5-6H3;1-2H3. The van der Waals surface area contributed by atoms with Gasteiger partial charge in [-0.3, -0.25) is 0 Å². The number of aryl methyl sites for hydroxylation is 1. The van der Waals surface area contributed by atoms with Crippen LogP contribution in [0.2, 0.25) is 0 Å². The number of ether oxygens (including phenoxy) is 1. The van der Waals surface area contributed by atoms with Crippen molar-refractivity contribution in [2.75, 3.05) is 7.11 Å². The quantitative estimate of drug-likeness (QED) is 0.421. The molecular formula is C25H42FNO. The van der Waals surface area contributed by atoms with E-state index in [1.165, 1.54) is 52.1 Å². The summed E-state index contributed by atoms with van der Waals surface area (Å²) in [6, 6.07) is 4.10. The number of hydrogen-bond donors (Lipinski definition) is 1. The van der Waals surface area contributed by atoms with Gasteiger partial charge in [0.05, 0.1) is 7.11 Å². The fraction of sp³-hybridized carbons (Fsp3) is 0.680. The molecule has 2 rings (SSSR count). The van der Waals surface area contributed by atoms with Crippen LogP contribution < -0.4 is 10.1 Å². The van der Waals surface area contributed by atoms with Crippen LogP contribution in [0.4, 0.5) is 4.39 Å². The van der Waals surface area contributed by atoms with Gasteiger partial charge in [-0.1, -0.05) is 66.5 Å². The summed E-state index contributed by atoms with van der Waals surface area (Å²) in [5.41, 5.74) is 2.43. The molecule has 0 aromatic heterocycles. The van der Waals surface area contributed by atoms with Crippen LogP contribution in [-0.4, -0.2) is 13.2 Å². The molecule has 0 radical (unpaired) electrons. The molecule has 0 aliphatic heterocycles. The average molecular weight is 392 g/mol. The van der Waals surface area contributed by atoms with Crippen LogP contribution in [0.15, 0.2) is 18.7 Å². The Morgan fingerprint density at radius 2 is 1.86 bits per heavy atom. The van der Waals surface area contributed by atoms with Gasteiger partial charge < -0.3 is 10.1 Å². The molecule has 1 fully saturated rings. The topological polar surface area (TPSA) is 21.3 Å². The van der Waals surface area contributed by atoms with Gasteiger partial charge in [0.15, 0.2) is 11.6 Å². The van der Waals surface area contributed by atoms with Gasteiger partial charge in [-0.25, -0.2) is 4.39 Å². The van der Waals surface area contributed by atoms with E-state index in [4.69, 9.17) is 4.74 Å². The molecule has 0 bridgehead atoms. The van der Waals surface area contributed by atoms with E-state index in [-0.39, 0.29) is 5.82 Å². The first-order valence-corrected chi connectivity index (χ1v) is 11.2. The summed E-state index contributed by atoms with van der Waals surface area (Å²) in [5.74, 6) is 0.631. The molecule has 0 saturated heterocycles. The van der Waals surface area contributed by atoms with Gasteiger partial charge in [-0.05, 0) is 55.6 Å². The van der Waals surface area contributed by atoms with Gasteiger partial charge in [0.1, 0.15) is 0 Å². The van der Waals surface area contributed by atoms with E-state index >= 15 is 0 Å². The Labute approximate surface area is 173 Å². The van der Waals surface area contributed by atoms with E-state index < -0.39 is 0 Å². The number of rotatable bonds is 11.